The van der Waals surface area contributed by atoms with Gasteiger partial charge in [-0.2, -0.15) is 0 Å². The minimum atomic E-state index is -1.50. The van der Waals surface area contributed by atoms with Gasteiger partial charge in [0.05, 0.1) is 47.9 Å². The minimum absolute atomic E-state index is 0.0751. The molecule has 49 heavy (non-hydrogen) atoms. The molecule has 0 bridgehead atoms. The molecule has 0 aliphatic carbocycles. The van der Waals surface area contributed by atoms with E-state index in [1.807, 2.05) is 0 Å². The molecule has 0 radical (unpaired) electrons. The van der Waals surface area contributed by atoms with Crippen molar-refractivity contribution in [3.8, 4) is 23.0 Å². The zero-order chi connectivity index (χ0) is 34.7. The number of nitro groups is 2. The van der Waals surface area contributed by atoms with Crippen LogP contribution in [0, 0.1) is 20.2 Å². The molecule has 4 aromatic carbocycles. The maximum Gasteiger partial charge on any atom is 0.340 e. The fraction of sp³-hybridized carbons (Fsp3) is 0.212. The number of carbonyl (C=O) groups excluding carboxylic acids is 2. The van der Waals surface area contributed by atoms with Crippen LogP contribution in [0.5, 0.6) is 23.0 Å². The van der Waals surface area contributed by atoms with Crippen molar-refractivity contribution < 1.29 is 48.6 Å². The molecule has 2 aliphatic heterocycles. The van der Waals surface area contributed by atoms with Crippen molar-refractivity contribution >= 4 is 28.9 Å². The van der Waals surface area contributed by atoms with Crippen LogP contribution in [-0.2, 0) is 19.8 Å². The molecule has 0 saturated carbocycles. The lowest BCUT2D eigenvalue weighted by atomic mass is 9.77. The number of carbonyl (C=O) groups is 2. The highest BCUT2D eigenvalue weighted by atomic mass is 16.6. The van der Waals surface area contributed by atoms with Crippen LogP contribution in [0.1, 0.15) is 37.4 Å². The van der Waals surface area contributed by atoms with E-state index in [1.165, 1.54) is 48.5 Å². The molecule has 0 unspecified atom stereocenters. The maximum atomic E-state index is 13.1. The third-order valence-electron chi connectivity index (χ3n) is 7.89. The second kappa shape index (κ2) is 13.5. The van der Waals surface area contributed by atoms with E-state index < -0.39 is 33.0 Å². The number of aromatic hydroxyl groups is 2. The van der Waals surface area contributed by atoms with Crippen LogP contribution in [-0.4, -0.2) is 71.5 Å². The Kier molecular flexibility index (Phi) is 8.98. The number of non-ortho nitro benzene ring substituents is 1. The summed E-state index contributed by atoms with van der Waals surface area (Å²) in [6, 6.07) is 16.7. The molecule has 2 heterocycles. The van der Waals surface area contributed by atoms with Gasteiger partial charge in [0.25, 0.3) is 17.3 Å². The number of hydrogen-bond acceptors (Lipinski definition) is 13. The second-order valence-electron chi connectivity index (χ2n) is 10.9. The molecule has 0 saturated heterocycles. The Bertz CT molecular complexity index is 1930. The highest BCUT2D eigenvalue weighted by Gasteiger charge is 2.54. The first-order chi connectivity index (χ1) is 23.6. The number of rotatable bonds is 13. The second-order valence-corrected chi connectivity index (χ2v) is 10.9. The van der Waals surface area contributed by atoms with Crippen molar-refractivity contribution in [1.82, 2.24) is 5.32 Å². The Balaban J connectivity index is 1.02. The number of hydrogen-bond donors (Lipinski definition) is 4. The van der Waals surface area contributed by atoms with Gasteiger partial charge < -0.3 is 39.8 Å². The Morgan fingerprint density at radius 3 is 2.06 bits per heavy atom. The Morgan fingerprint density at radius 2 is 1.43 bits per heavy atom. The van der Waals surface area contributed by atoms with Gasteiger partial charge in [0, 0.05) is 53.5 Å². The quantitative estimate of drug-likeness (QED) is 0.0672. The lowest BCUT2D eigenvalue weighted by Crippen LogP contribution is -2.33. The molecule has 4 N–H and O–H groups in total. The van der Waals surface area contributed by atoms with Gasteiger partial charge in [-0.25, -0.2) is 4.79 Å². The zero-order valence-electron chi connectivity index (χ0n) is 25.5. The molecule has 1 amide bonds. The number of esters is 1. The predicted molar refractivity (Wildman–Crippen MR) is 170 cm³/mol. The van der Waals surface area contributed by atoms with E-state index in [0.717, 1.165) is 6.07 Å². The number of nitrogens with one attached hydrogen (secondary N) is 2. The number of benzene rings is 4. The molecule has 0 aromatic heterocycles. The van der Waals surface area contributed by atoms with Crippen LogP contribution in [0.25, 0.3) is 0 Å². The molecule has 0 fully saturated rings. The van der Waals surface area contributed by atoms with Crippen LogP contribution in [0.2, 0.25) is 0 Å². The Hall–Kier alpha value is -6.26. The highest BCUT2D eigenvalue weighted by Crippen LogP contribution is 2.57. The van der Waals surface area contributed by atoms with Gasteiger partial charge in [0.1, 0.15) is 28.7 Å². The first kappa shape index (κ1) is 32.7. The third-order valence-corrected chi connectivity index (χ3v) is 7.89. The van der Waals surface area contributed by atoms with Crippen LogP contribution >= 0.6 is 0 Å². The summed E-state index contributed by atoms with van der Waals surface area (Å²) in [6.45, 7) is 1.15. The maximum absolute atomic E-state index is 13.1. The topological polar surface area (TPSA) is 222 Å². The summed E-state index contributed by atoms with van der Waals surface area (Å²) in [7, 11) is 0. The molecule has 16 heteroatoms. The first-order valence-corrected chi connectivity index (χ1v) is 14.9. The molecule has 6 rings (SSSR count). The van der Waals surface area contributed by atoms with E-state index in [9.17, 15) is 40.0 Å². The number of ether oxygens (including phenoxy) is 4. The molecule has 4 aromatic rings. The van der Waals surface area contributed by atoms with Crippen LogP contribution in [0.4, 0.5) is 17.1 Å². The number of anilines is 1. The monoisotopic (exact) mass is 672 g/mol. The Morgan fingerprint density at radius 1 is 0.776 bits per heavy atom. The fourth-order valence-corrected chi connectivity index (χ4v) is 5.69. The molecule has 252 valence electrons. The smallest absolute Gasteiger partial charge is 0.340 e. The normalized spacial score (nSPS) is 13.4. The van der Waals surface area contributed by atoms with Crippen LogP contribution < -0.4 is 15.4 Å². The number of nitro benzene ring substituents is 2. The molecule has 16 nitrogen and oxygen atoms in total. The van der Waals surface area contributed by atoms with Gasteiger partial charge in [-0.05, 0) is 48.5 Å². The molecular weight excluding hydrogens is 644 g/mol. The van der Waals surface area contributed by atoms with E-state index >= 15 is 0 Å². The zero-order valence-corrected chi connectivity index (χ0v) is 25.5. The third kappa shape index (κ3) is 6.37. The van der Waals surface area contributed by atoms with Gasteiger partial charge in [-0.3, -0.25) is 25.0 Å². The van der Waals surface area contributed by atoms with E-state index in [0.29, 0.717) is 16.7 Å². The Labute approximate surface area is 277 Å². The summed E-state index contributed by atoms with van der Waals surface area (Å²) in [4.78, 5) is 47.0. The van der Waals surface area contributed by atoms with Crippen LogP contribution in [0.3, 0.4) is 0 Å². The predicted octanol–water partition coefficient (Wildman–Crippen LogP) is 4.36. The van der Waals surface area contributed by atoms with Crippen molar-refractivity contribution in [1.29, 1.82) is 0 Å². The average molecular weight is 673 g/mol. The summed E-state index contributed by atoms with van der Waals surface area (Å²) in [5, 5.41) is 47.9. The van der Waals surface area contributed by atoms with Gasteiger partial charge in [-0.15, -0.1) is 0 Å². The standard InChI is InChI=1S/C33H28N4O12/c38-21-3-6-24-29(17-21)48-30-18-22(39)4-7-25(30)33(24)26-15-19(1-5-23(26)32(41)49-33)31(40)35-10-12-47-14-13-46-11-9-34-27-8-2-20(36(42)43)16-28(27)37(44)45/h1-8,15-18,34,38-39H,9-14H2,(H,35,40). The summed E-state index contributed by atoms with van der Waals surface area (Å²) in [5.74, 6) is -0.740. The highest BCUT2D eigenvalue weighted by molar-refractivity contribution is 6.00. The molecular formula is C33H28N4O12. The summed E-state index contributed by atoms with van der Waals surface area (Å²) in [5.41, 5.74) is -0.381. The average Bonchev–Trinajstić information content (AvgIpc) is 3.36. The van der Waals surface area contributed by atoms with Gasteiger partial charge in [0.15, 0.2) is 5.60 Å². The lowest BCUT2D eigenvalue weighted by Gasteiger charge is -2.36. The first-order valence-electron chi connectivity index (χ1n) is 14.9. The van der Waals surface area contributed by atoms with Crippen molar-refractivity contribution in [3.05, 3.63) is 121 Å². The molecule has 1 spiro atoms. The summed E-state index contributed by atoms with van der Waals surface area (Å²) >= 11 is 0. The number of phenolic OH excluding ortho intramolecular Hbond substituents is 2. The number of phenols is 2. The number of fused-ring (bicyclic) bond motifs is 6. The van der Waals surface area contributed by atoms with E-state index in [4.69, 9.17) is 18.9 Å². The number of amides is 1. The van der Waals surface area contributed by atoms with Gasteiger partial charge >= 0.3 is 5.97 Å². The van der Waals surface area contributed by atoms with E-state index in [-0.39, 0.29) is 85.0 Å². The van der Waals surface area contributed by atoms with E-state index in [2.05, 4.69) is 10.6 Å². The molecule has 0 atom stereocenters. The van der Waals surface area contributed by atoms with E-state index in [1.54, 1.807) is 18.2 Å². The minimum Gasteiger partial charge on any atom is -0.508 e. The van der Waals surface area contributed by atoms with Gasteiger partial charge in [0.2, 0.25) is 0 Å². The SMILES string of the molecule is O=C(NCCOCCOCCNc1ccc([N+](=O)[O-])cc1[N+](=O)[O-])c1ccc2c(c1)C1(OC2=O)c2ccc(O)cc2Oc2cc(O)ccc21. The van der Waals surface area contributed by atoms with Crippen LogP contribution in [0.15, 0.2) is 72.8 Å². The van der Waals surface area contributed by atoms with Crippen molar-refractivity contribution in [2.45, 2.75) is 5.60 Å². The number of nitrogens with zero attached hydrogens (tertiary/aromatic N) is 2. The summed E-state index contributed by atoms with van der Waals surface area (Å²) in [6.07, 6.45) is 0. The van der Waals surface area contributed by atoms with Gasteiger partial charge in [-0.1, -0.05) is 0 Å². The van der Waals surface area contributed by atoms with Crippen molar-refractivity contribution in [2.24, 2.45) is 0 Å². The lowest BCUT2D eigenvalue weighted by molar-refractivity contribution is -0.393. The van der Waals surface area contributed by atoms with Crippen molar-refractivity contribution in [2.75, 3.05) is 44.8 Å². The fourth-order valence-electron chi connectivity index (χ4n) is 5.69. The molecule has 2 aliphatic rings. The van der Waals surface area contributed by atoms with Crippen molar-refractivity contribution in [3.63, 3.8) is 0 Å². The largest absolute Gasteiger partial charge is 0.508 e. The summed E-state index contributed by atoms with van der Waals surface area (Å²) < 4.78 is 23.0.